The molecule has 3 aromatic rings. The lowest BCUT2D eigenvalue weighted by atomic mass is 9.86. The number of hydrogen-bond acceptors (Lipinski definition) is 6. The molecule has 1 aliphatic rings. The summed E-state index contributed by atoms with van der Waals surface area (Å²) in [6.07, 6.45) is -3.22. The van der Waals surface area contributed by atoms with Crippen LogP contribution in [0.4, 0.5) is 0 Å². The van der Waals surface area contributed by atoms with Gasteiger partial charge in [0.25, 0.3) is 0 Å². The number of aliphatic hydroxyl groups is 1. The van der Waals surface area contributed by atoms with E-state index in [2.05, 4.69) is 10.0 Å². The van der Waals surface area contributed by atoms with Gasteiger partial charge in [-0.3, -0.25) is 0 Å². The fraction of sp³-hybridized carbons (Fsp3) is 0.419. The van der Waals surface area contributed by atoms with E-state index in [1.807, 2.05) is 105 Å². The average molecular weight is 532 g/mol. The van der Waals surface area contributed by atoms with E-state index >= 15 is 0 Å². The quantitative estimate of drug-likeness (QED) is 0.170. The van der Waals surface area contributed by atoms with Gasteiger partial charge in [0.05, 0.1) is 38.6 Å². The maximum absolute atomic E-state index is 10.4. The molecule has 0 radical (unpaired) electrons. The van der Waals surface area contributed by atoms with Crippen LogP contribution in [0.15, 0.2) is 96.1 Å². The molecule has 0 amide bonds. The highest BCUT2D eigenvalue weighted by Gasteiger charge is 2.50. The van der Waals surface area contributed by atoms with Gasteiger partial charge in [-0.15, -0.1) is 0 Å². The molecule has 39 heavy (non-hydrogen) atoms. The predicted octanol–water partition coefficient (Wildman–Crippen LogP) is 5.84. The summed E-state index contributed by atoms with van der Waals surface area (Å²) >= 11 is 0. The Morgan fingerprint density at radius 3 is 1.59 bits per heavy atom. The zero-order valence-corrected chi connectivity index (χ0v) is 22.5. The second-order valence-electron chi connectivity index (χ2n) is 10.0. The van der Waals surface area contributed by atoms with Crippen molar-refractivity contribution in [2.24, 2.45) is 11.0 Å². The number of nitrogens with zero attached hydrogens (tertiary/aromatic N) is 3. The van der Waals surface area contributed by atoms with Crippen molar-refractivity contribution in [3.8, 4) is 0 Å². The van der Waals surface area contributed by atoms with E-state index in [1.54, 1.807) is 0 Å². The molecule has 1 saturated heterocycles. The smallest absolute Gasteiger partial charge is 0.115 e. The lowest BCUT2D eigenvalue weighted by Gasteiger charge is -2.48. The average Bonchev–Trinajstić information content (AvgIpc) is 2.98. The van der Waals surface area contributed by atoms with Crippen molar-refractivity contribution in [2.75, 3.05) is 6.61 Å². The molecule has 0 aliphatic carbocycles. The van der Waals surface area contributed by atoms with Gasteiger partial charge in [0.15, 0.2) is 0 Å². The normalized spacial score (nSPS) is 23.7. The van der Waals surface area contributed by atoms with E-state index in [4.69, 9.17) is 18.9 Å². The number of rotatable bonds is 13. The summed E-state index contributed by atoms with van der Waals surface area (Å²) in [5, 5.41) is 14.5. The fourth-order valence-corrected chi connectivity index (χ4v) is 4.88. The highest BCUT2D eigenvalue weighted by atomic mass is 16.6. The number of ether oxygens (including phenoxy) is 4. The summed E-state index contributed by atoms with van der Waals surface area (Å²) in [5.41, 5.74) is 12.4. The van der Waals surface area contributed by atoms with E-state index in [0.717, 1.165) is 16.7 Å². The molecule has 4 rings (SSSR count). The minimum atomic E-state index is -0.703. The molecule has 8 nitrogen and oxygen atoms in total. The van der Waals surface area contributed by atoms with Gasteiger partial charge in [-0.25, -0.2) is 0 Å². The molecule has 8 heteroatoms. The fourth-order valence-electron chi connectivity index (χ4n) is 4.88. The Hall–Kier alpha value is -3.23. The van der Waals surface area contributed by atoms with Crippen molar-refractivity contribution >= 4 is 0 Å². The summed E-state index contributed by atoms with van der Waals surface area (Å²) in [4.78, 5) is 3.10. The Kier molecular flexibility index (Phi) is 10.9. The lowest BCUT2D eigenvalue weighted by molar-refractivity contribution is -0.274. The van der Waals surface area contributed by atoms with Crippen LogP contribution in [0.5, 0.6) is 0 Å². The standard InChI is InChI=1S/C31H37N3O5/c1-22(2)27(33-34-32)29-31(38-21-25-16-10-5-11-17-25)30(37-20-24-14-8-4-9-15-24)28(26(18-35)39-29)36-19-23-12-6-3-7-13-23/h3-17,22,26-31,35H,18-21H2,1-2H3/t26-,27+,28-,29+,30+,31+/m1/s1. The Balaban J connectivity index is 1.68. The van der Waals surface area contributed by atoms with Gasteiger partial charge >= 0.3 is 0 Å². The molecular formula is C31H37N3O5. The lowest BCUT2D eigenvalue weighted by Crippen LogP contribution is -2.64. The zero-order valence-electron chi connectivity index (χ0n) is 22.5. The van der Waals surface area contributed by atoms with Gasteiger partial charge in [-0.2, -0.15) is 0 Å². The largest absolute Gasteiger partial charge is 0.394 e. The first kappa shape index (κ1) is 28.8. The summed E-state index contributed by atoms with van der Waals surface area (Å²) in [6.45, 7) is 4.61. The number of benzene rings is 3. The third-order valence-electron chi connectivity index (χ3n) is 6.91. The maximum atomic E-state index is 10.4. The molecule has 0 bridgehead atoms. The van der Waals surface area contributed by atoms with Crippen molar-refractivity contribution in [1.82, 2.24) is 0 Å². The molecule has 0 unspecified atom stereocenters. The first-order chi connectivity index (χ1) is 19.1. The minimum Gasteiger partial charge on any atom is -0.394 e. The van der Waals surface area contributed by atoms with Crippen LogP contribution in [0, 0.1) is 5.92 Å². The van der Waals surface area contributed by atoms with Crippen molar-refractivity contribution in [3.05, 3.63) is 118 Å². The van der Waals surface area contributed by atoms with Crippen LogP contribution in [-0.2, 0) is 38.8 Å². The van der Waals surface area contributed by atoms with E-state index in [1.165, 1.54) is 0 Å². The third kappa shape index (κ3) is 7.90. The first-order valence-corrected chi connectivity index (χ1v) is 13.4. The SMILES string of the molecule is CC(C)[C@H](N=[N+]=[N-])[C@@H]1O[C@H](CO)[C@@H](OCc2ccccc2)[C@H](OCc2ccccc2)[C@H]1OCc1ccccc1. The molecule has 6 atom stereocenters. The van der Waals surface area contributed by atoms with E-state index in [9.17, 15) is 10.6 Å². The first-order valence-electron chi connectivity index (χ1n) is 13.4. The van der Waals surface area contributed by atoms with Gasteiger partial charge in [0, 0.05) is 4.91 Å². The topological polar surface area (TPSA) is 106 Å². The van der Waals surface area contributed by atoms with Gasteiger partial charge in [-0.05, 0) is 28.1 Å². The highest BCUT2D eigenvalue weighted by Crippen LogP contribution is 2.34. The number of hydrogen-bond donors (Lipinski definition) is 1. The van der Waals surface area contributed by atoms with Crippen LogP contribution in [0.3, 0.4) is 0 Å². The van der Waals surface area contributed by atoms with Crippen molar-refractivity contribution in [1.29, 1.82) is 0 Å². The maximum Gasteiger partial charge on any atom is 0.115 e. The molecule has 1 aliphatic heterocycles. The van der Waals surface area contributed by atoms with Gasteiger partial charge in [0.2, 0.25) is 0 Å². The molecule has 0 spiro atoms. The third-order valence-corrected chi connectivity index (χ3v) is 6.91. The predicted molar refractivity (Wildman–Crippen MR) is 149 cm³/mol. The van der Waals surface area contributed by atoms with Gasteiger partial charge in [-0.1, -0.05) is 110 Å². The molecule has 0 aromatic heterocycles. The highest BCUT2D eigenvalue weighted by molar-refractivity contribution is 5.16. The summed E-state index contributed by atoms with van der Waals surface area (Å²) < 4.78 is 26.0. The molecule has 3 aromatic carbocycles. The Bertz CT molecular complexity index is 1160. The Labute approximate surface area is 230 Å². The zero-order chi connectivity index (χ0) is 27.5. The minimum absolute atomic E-state index is 0.0374. The van der Waals surface area contributed by atoms with Crippen LogP contribution in [0.1, 0.15) is 30.5 Å². The van der Waals surface area contributed by atoms with Crippen LogP contribution >= 0.6 is 0 Å². The van der Waals surface area contributed by atoms with Crippen LogP contribution in [0.2, 0.25) is 0 Å². The molecule has 1 fully saturated rings. The van der Waals surface area contributed by atoms with E-state index < -0.39 is 36.6 Å². The van der Waals surface area contributed by atoms with E-state index in [0.29, 0.717) is 19.8 Å². The van der Waals surface area contributed by atoms with Crippen molar-refractivity contribution in [2.45, 2.75) is 70.2 Å². The van der Waals surface area contributed by atoms with Crippen molar-refractivity contribution in [3.63, 3.8) is 0 Å². The Morgan fingerprint density at radius 1 is 0.744 bits per heavy atom. The Morgan fingerprint density at radius 2 is 1.18 bits per heavy atom. The van der Waals surface area contributed by atoms with Gasteiger partial charge in [0.1, 0.15) is 24.4 Å². The molecule has 1 N–H and O–H groups in total. The van der Waals surface area contributed by atoms with Gasteiger partial charge < -0.3 is 24.1 Å². The molecule has 206 valence electrons. The second-order valence-corrected chi connectivity index (χ2v) is 10.0. The van der Waals surface area contributed by atoms with Crippen LogP contribution < -0.4 is 0 Å². The van der Waals surface area contributed by atoms with Crippen molar-refractivity contribution < 1.29 is 24.1 Å². The number of azide groups is 1. The van der Waals surface area contributed by atoms with E-state index in [-0.39, 0.29) is 12.5 Å². The summed E-state index contributed by atoms with van der Waals surface area (Å²) in [5.74, 6) is -0.0374. The van der Waals surface area contributed by atoms with Crippen LogP contribution in [-0.4, -0.2) is 48.3 Å². The van der Waals surface area contributed by atoms with Crippen LogP contribution in [0.25, 0.3) is 10.4 Å². The summed E-state index contributed by atoms with van der Waals surface area (Å²) in [7, 11) is 0. The monoisotopic (exact) mass is 531 g/mol. The number of aliphatic hydroxyl groups excluding tert-OH is 1. The summed E-state index contributed by atoms with van der Waals surface area (Å²) in [6, 6.07) is 29.0. The molecule has 0 saturated carbocycles. The molecular weight excluding hydrogens is 494 g/mol. The second kappa shape index (κ2) is 14.8. The molecule has 1 heterocycles.